The average Bonchev–Trinajstić information content (AvgIpc) is 3.16. The third-order valence-corrected chi connectivity index (χ3v) is 6.41. The third kappa shape index (κ3) is 4.37. The molecule has 2 aliphatic rings. The molecule has 5 nitrogen and oxygen atoms in total. The van der Waals surface area contributed by atoms with Crippen LogP contribution in [0.2, 0.25) is 0 Å². The van der Waals surface area contributed by atoms with Crippen LogP contribution in [0.15, 0.2) is 17.6 Å². The van der Waals surface area contributed by atoms with Gasteiger partial charge in [-0.15, -0.1) is 11.3 Å². The molecule has 2 aromatic heterocycles. The molecule has 0 unspecified atom stereocenters. The smallest absolute Gasteiger partial charge is 0.410 e. The molecule has 0 N–H and O–H groups in total. The van der Waals surface area contributed by atoms with E-state index in [2.05, 4.69) is 16.4 Å². The maximum absolute atomic E-state index is 12.2. The van der Waals surface area contributed by atoms with E-state index in [4.69, 9.17) is 9.72 Å². The molecular weight excluding hydrogens is 370 g/mol. The van der Waals surface area contributed by atoms with Gasteiger partial charge in [-0.3, -0.25) is 4.98 Å². The molecule has 3 heterocycles. The van der Waals surface area contributed by atoms with Crippen LogP contribution < -0.4 is 0 Å². The predicted octanol–water partition coefficient (Wildman–Crippen LogP) is 5.20. The standard InChI is InChI=1S/C22H29N3O2S/c1-22(2,3)27-21(26)25-10-8-15(9-11-25)19-14-28-20(24-19)17-12-16-6-4-5-7-18(16)23-13-17/h12-15H,4-11H2,1-3H3. The zero-order chi connectivity index (χ0) is 19.7. The SMILES string of the molecule is CC(C)(C)OC(=O)N1CCC(c2csc(-c3cnc4c(c3)CCCC4)n2)CC1. The van der Waals surface area contributed by atoms with Crippen molar-refractivity contribution in [3.8, 4) is 10.6 Å². The average molecular weight is 400 g/mol. The predicted molar refractivity (Wildman–Crippen MR) is 112 cm³/mol. The minimum atomic E-state index is -0.444. The quantitative estimate of drug-likeness (QED) is 0.697. The molecule has 1 saturated heterocycles. The number of hydrogen-bond donors (Lipinski definition) is 0. The lowest BCUT2D eigenvalue weighted by Crippen LogP contribution is -2.41. The van der Waals surface area contributed by atoms with E-state index >= 15 is 0 Å². The molecule has 150 valence electrons. The zero-order valence-electron chi connectivity index (χ0n) is 17.0. The van der Waals surface area contributed by atoms with E-state index in [9.17, 15) is 4.79 Å². The van der Waals surface area contributed by atoms with E-state index in [1.54, 1.807) is 11.3 Å². The van der Waals surface area contributed by atoms with Gasteiger partial charge >= 0.3 is 6.09 Å². The fourth-order valence-electron chi connectivity index (χ4n) is 4.00. The Morgan fingerprint density at radius 3 is 2.71 bits per heavy atom. The van der Waals surface area contributed by atoms with Gasteiger partial charge in [-0.1, -0.05) is 0 Å². The van der Waals surface area contributed by atoms with Crippen LogP contribution in [0.1, 0.15) is 69.3 Å². The molecule has 1 aliphatic heterocycles. The molecule has 0 aromatic carbocycles. The molecule has 0 atom stereocenters. The van der Waals surface area contributed by atoms with Gasteiger partial charge in [-0.2, -0.15) is 0 Å². The van der Waals surface area contributed by atoms with E-state index in [-0.39, 0.29) is 6.09 Å². The van der Waals surface area contributed by atoms with Crippen LogP contribution in [0.3, 0.4) is 0 Å². The first kappa shape index (κ1) is 19.4. The summed E-state index contributed by atoms with van der Waals surface area (Å²) in [6, 6.07) is 2.29. The minimum absolute atomic E-state index is 0.204. The van der Waals surface area contributed by atoms with Gasteiger partial charge in [-0.25, -0.2) is 9.78 Å². The van der Waals surface area contributed by atoms with E-state index in [0.717, 1.165) is 55.0 Å². The molecular formula is C22H29N3O2S. The summed E-state index contributed by atoms with van der Waals surface area (Å²) in [4.78, 5) is 23.7. The Morgan fingerprint density at radius 2 is 1.96 bits per heavy atom. The largest absolute Gasteiger partial charge is 0.444 e. The number of thiazole rings is 1. The van der Waals surface area contributed by atoms with E-state index < -0.39 is 5.60 Å². The van der Waals surface area contributed by atoms with Gasteiger partial charge in [0.15, 0.2) is 0 Å². The van der Waals surface area contributed by atoms with Gasteiger partial charge in [0.25, 0.3) is 0 Å². The lowest BCUT2D eigenvalue weighted by Gasteiger charge is -2.32. The number of rotatable bonds is 2. The summed E-state index contributed by atoms with van der Waals surface area (Å²) >= 11 is 1.71. The first-order valence-corrected chi connectivity index (χ1v) is 11.2. The van der Waals surface area contributed by atoms with E-state index in [1.165, 1.54) is 24.1 Å². The number of hydrogen-bond acceptors (Lipinski definition) is 5. The second-order valence-electron chi connectivity index (χ2n) is 8.86. The van der Waals surface area contributed by atoms with Crippen molar-refractivity contribution >= 4 is 17.4 Å². The zero-order valence-corrected chi connectivity index (χ0v) is 17.8. The Morgan fingerprint density at radius 1 is 1.21 bits per heavy atom. The Balaban J connectivity index is 1.40. The van der Waals surface area contributed by atoms with Crippen LogP contribution in [-0.4, -0.2) is 39.7 Å². The van der Waals surface area contributed by atoms with Crippen molar-refractivity contribution in [1.82, 2.24) is 14.9 Å². The number of aryl methyl sites for hydroxylation is 2. The second kappa shape index (κ2) is 7.82. The number of likely N-dealkylation sites (tertiary alicyclic amines) is 1. The maximum atomic E-state index is 12.2. The van der Waals surface area contributed by atoms with E-state index in [1.807, 2.05) is 31.9 Å². The number of piperidine rings is 1. The van der Waals surface area contributed by atoms with Crippen molar-refractivity contribution in [2.45, 2.75) is 70.8 Å². The minimum Gasteiger partial charge on any atom is -0.444 e. The van der Waals surface area contributed by atoms with E-state index in [0.29, 0.717) is 5.92 Å². The van der Waals surface area contributed by atoms with Crippen molar-refractivity contribution in [2.75, 3.05) is 13.1 Å². The number of aromatic nitrogens is 2. The van der Waals surface area contributed by atoms with Crippen molar-refractivity contribution in [1.29, 1.82) is 0 Å². The Hall–Kier alpha value is -1.95. The molecule has 0 bridgehead atoms. The van der Waals surface area contributed by atoms with Gasteiger partial charge < -0.3 is 9.64 Å². The first-order chi connectivity index (χ1) is 13.4. The van der Waals surface area contributed by atoms with Crippen LogP contribution in [-0.2, 0) is 17.6 Å². The second-order valence-corrected chi connectivity index (χ2v) is 9.71. The summed E-state index contributed by atoms with van der Waals surface area (Å²) in [5.74, 6) is 0.411. The summed E-state index contributed by atoms with van der Waals surface area (Å²) in [6.45, 7) is 7.18. The molecule has 1 fully saturated rings. The lowest BCUT2D eigenvalue weighted by atomic mass is 9.94. The summed E-state index contributed by atoms with van der Waals surface area (Å²) in [7, 11) is 0. The summed E-state index contributed by atoms with van der Waals surface area (Å²) < 4.78 is 5.49. The number of ether oxygens (including phenoxy) is 1. The van der Waals surface area contributed by atoms with Gasteiger partial charge in [0.05, 0.1) is 5.69 Å². The Labute approximate surface area is 171 Å². The highest BCUT2D eigenvalue weighted by Gasteiger charge is 2.28. The summed E-state index contributed by atoms with van der Waals surface area (Å²) in [5, 5.41) is 3.24. The van der Waals surface area contributed by atoms with Gasteiger partial charge in [0.1, 0.15) is 10.6 Å². The van der Waals surface area contributed by atoms with Crippen LogP contribution in [0.25, 0.3) is 10.6 Å². The molecule has 0 spiro atoms. The molecule has 28 heavy (non-hydrogen) atoms. The van der Waals surface area contributed by atoms with Gasteiger partial charge in [0.2, 0.25) is 0 Å². The summed E-state index contributed by atoms with van der Waals surface area (Å²) in [6.07, 6.45) is 8.41. The molecule has 0 saturated carbocycles. The third-order valence-electron chi connectivity index (χ3n) is 5.50. The highest BCUT2D eigenvalue weighted by molar-refractivity contribution is 7.13. The maximum Gasteiger partial charge on any atom is 0.410 e. The number of fused-ring (bicyclic) bond motifs is 1. The van der Waals surface area contributed by atoms with Crippen LogP contribution in [0.5, 0.6) is 0 Å². The monoisotopic (exact) mass is 399 g/mol. The fourth-order valence-corrected chi connectivity index (χ4v) is 4.88. The van der Waals surface area contributed by atoms with Crippen molar-refractivity contribution in [2.24, 2.45) is 0 Å². The normalized spacial score (nSPS) is 18.0. The number of amides is 1. The molecule has 4 rings (SSSR count). The van der Waals surface area contributed by atoms with Crippen LogP contribution >= 0.6 is 11.3 Å². The van der Waals surface area contributed by atoms with Gasteiger partial charge in [0, 0.05) is 41.8 Å². The number of carbonyl (C=O) groups excluding carboxylic acids is 1. The number of pyridine rings is 1. The highest BCUT2D eigenvalue weighted by Crippen LogP contribution is 2.33. The fraction of sp³-hybridized carbons (Fsp3) is 0.591. The van der Waals surface area contributed by atoms with Crippen LogP contribution in [0, 0.1) is 0 Å². The Bertz CT molecular complexity index is 848. The van der Waals surface area contributed by atoms with Gasteiger partial charge in [-0.05, 0) is 70.9 Å². The molecule has 0 radical (unpaired) electrons. The number of nitrogens with zero attached hydrogens (tertiary/aromatic N) is 3. The molecule has 6 heteroatoms. The van der Waals surface area contributed by atoms with Crippen molar-refractivity contribution in [3.05, 3.63) is 34.6 Å². The molecule has 2 aromatic rings. The first-order valence-electron chi connectivity index (χ1n) is 10.3. The summed E-state index contributed by atoms with van der Waals surface area (Å²) in [5.41, 5.74) is 4.51. The van der Waals surface area contributed by atoms with Crippen molar-refractivity contribution in [3.63, 3.8) is 0 Å². The lowest BCUT2D eigenvalue weighted by molar-refractivity contribution is 0.0204. The van der Waals surface area contributed by atoms with Crippen molar-refractivity contribution < 1.29 is 9.53 Å². The Kier molecular flexibility index (Phi) is 5.41. The molecule has 1 aliphatic carbocycles. The topological polar surface area (TPSA) is 55.3 Å². The molecule has 1 amide bonds. The highest BCUT2D eigenvalue weighted by atomic mass is 32.1. The van der Waals surface area contributed by atoms with Crippen LogP contribution in [0.4, 0.5) is 4.79 Å². The number of carbonyl (C=O) groups is 1.